The molecule has 26 heavy (non-hydrogen) atoms. The number of benzene rings is 1. The smallest absolute Gasteiger partial charge is 0.338 e. The lowest BCUT2D eigenvalue weighted by Crippen LogP contribution is -2.50. The quantitative estimate of drug-likeness (QED) is 0.572. The molecule has 0 saturated carbocycles. The van der Waals surface area contributed by atoms with Gasteiger partial charge in [0.05, 0.1) is 5.56 Å². The normalized spacial score (nSPS) is 16.1. The first-order valence-corrected chi connectivity index (χ1v) is 9.22. The third kappa shape index (κ3) is 5.88. The predicted octanol–water partition coefficient (Wildman–Crippen LogP) is 2.78. The molecule has 1 aliphatic heterocycles. The number of amides is 2. The van der Waals surface area contributed by atoms with Crippen LogP contribution in [0.2, 0.25) is 0 Å². The van der Waals surface area contributed by atoms with Gasteiger partial charge in [0.25, 0.3) is 0 Å². The summed E-state index contributed by atoms with van der Waals surface area (Å²) in [6.45, 7) is 9.40. The maximum Gasteiger partial charge on any atom is 0.338 e. The molecule has 0 aromatic heterocycles. The molecule has 1 unspecified atom stereocenters. The lowest BCUT2D eigenvalue weighted by atomic mass is 10.1. The fraction of sp³-hybridized carbons (Fsp3) is 0.500. The summed E-state index contributed by atoms with van der Waals surface area (Å²) in [5, 5.41) is 0. The maximum atomic E-state index is 12.4. The van der Waals surface area contributed by atoms with E-state index in [1.165, 1.54) is 0 Å². The average Bonchev–Trinajstić information content (AvgIpc) is 2.65. The summed E-state index contributed by atoms with van der Waals surface area (Å²) in [5.74, 6) is -0.314. The number of esters is 1. The van der Waals surface area contributed by atoms with Crippen LogP contribution in [0.5, 0.6) is 0 Å². The summed E-state index contributed by atoms with van der Waals surface area (Å²) in [6, 6.07) is 7.16. The van der Waals surface area contributed by atoms with Gasteiger partial charge in [-0.05, 0) is 30.5 Å². The second-order valence-electron chi connectivity index (χ2n) is 6.62. The largest absolute Gasteiger partial charge is 0.455 e. The van der Waals surface area contributed by atoms with Crippen molar-refractivity contribution in [1.29, 1.82) is 0 Å². The Hall–Kier alpha value is -2.34. The standard InChI is InChI=1S/C20H29N3O3/c1-3-5-9-18(4-2)26-19(24)17-8-6-7-16(14-17)15-22-10-12-23(13-11-22)20(21)25/h4,6-8,14,18H,2-3,5,9-13,15H2,1H3,(H2,21,25). The molecule has 6 heteroatoms. The minimum Gasteiger partial charge on any atom is -0.455 e. The van der Waals surface area contributed by atoms with E-state index in [9.17, 15) is 9.59 Å². The summed E-state index contributed by atoms with van der Waals surface area (Å²) in [7, 11) is 0. The number of rotatable bonds is 8. The highest BCUT2D eigenvalue weighted by molar-refractivity contribution is 5.89. The Morgan fingerprint density at radius 2 is 2.04 bits per heavy atom. The summed E-state index contributed by atoms with van der Waals surface area (Å²) < 4.78 is 5.54. The second kappa shape index (κ2) is 9.97. The molecule has 2 amide bonds. The molecule has 1 aromatic rings. The highest BCUT2D eigenvalue weighted by atomic mass is 16.5. The van der Waals surface area contributed by atoms with Crippen LogP contribution < -0.4 is 5.73 Å². The number of unbranched alkanes of at least 4 members (excludes halogenated alkanes) is 1. The maximum absolute atomic E-state index is 12.4. The van der Waals surface area contributed by atoms with E-state index in [1.807, 2.05) is 18.2 Å². The van der Waals surface area contributed by atoms with Crippen molar-refractivity contribution in [2.75, 3.05) is 26.2 Å². The number of nitrogens with zero attached hydrogens (tertiary/aromatic N) is 2. The highest BCUT2D eigenvalue weighted by Gasteiger charge is 2.19. The molecule has 0 aliphatic carbocycles. The van der Waals surface area contributed by atoms with E-state index in [4.69, 9.17) is 10.5 Å². The lowest BCUT2D eigenvalue weighted by molar-refractivity contribution is 0.0377. The van der Waals surface area contributed by atoms with Gasteiger partial charge in [-0.25, -0.2) is 9.59 Å². The van der Waals surface area contributed by atoms with Crippen LogP contribution in [0.4, 0.5) is 4.79 Å². The van der Waals surface area contributed by atoms with Gasteiger partial charge in [0, 0.05) is 32.7 Å². The summed E-state index contributed by atoms with van der Waals surface area (Å²) in [4.78, 5) is 27.5. The summed E-state index contributed by atoms with van der Waals surface area (Å²) >= 11 is 0. The first kappa shape index (κ1) is 20.0. The first-order valence-electron chi connectivity index (χ1n) is 9.22. The van der Waals surface area contributed by atoms with Crippen LogP contribution in [0.15, 0.2) is 36.9 Å². The van der Waals surface area contributed by atoms with Crippen molar-refractivity contribution < 1.29 is 14.3 Å². The first-order chi connectivity index (χ1) is 12.5. The van der Waals surface area contributed by atoms with Crippen molar-refractivity contribution in [3.63, 3.8) is 0 Å². The van der Waals surface area contributed by atoms with E-state index in [1.54, 1.807) is 17.0 Å². The predicted molar refractivity (Wildman–Crippen MR) is 102 cm³/mol. The zero-order chi connectivity index (χ0) is 18.9. The number of carbonyl (C=O) groups excluding carboxylic acids is 2. The minimum absolute atomic E-state index is 0.243. The molecule has 1 fully saturated rings. The number of hydrogen-bond acceptors (Lipinski definition) is 4. The van der Waals surface area contributed by atoms with E-state index in [2.05, 4.69) is 18.4 Å². The molecule has 6 nitrogen and oxygen atoms in total. The van der Waals surface area contributed by atoms with Crippen LogP contribution in [0, 0.1) is 0 Å². The van der Waals surface area contributed by atoms with Gasteiger partial charge in [-0.1, -0.05) is 38.1 Å². The molecule has 0 spiro atoms. The SMILES string of the molecule is C=CC(CCCC)OC(=O)c1cccc(CN2CCN(C(N)=O)CC2)c1. The zero-order valence-corrected chi connectivity index (χ0v) is 15.5. The van der Waals surface area contributed by atoms with Crippen molar-refractivity contribution in [3.8, 4) is 0 Å². The third-order valence-corrected chi connectivity index (χ3v) is 4.62. The van der Waals surface area contributed by atoms with Gasteiger partial charge >= 0.3 is 12.0 Å². The number of piperazine rings is 1. The number of carbonyl (C=O) groups is 2. The van der Waals surface area contributed by atoms with Crippen molar-refractivity contribution in [2.45, 2.75) is 38.8 Å². The van der Waals surface area contributed by atoms with Crippen molar-refractivity contribution in [3.05, 3.63) is 48.0 Å². The Bertz CT molecular complexity index is 624. The van der Waals surface area contributed by atoms with E-state index >= 15 is 0 Å². The Labute approximate surface area is 155 Å². The van der Waals surface area contributed by atoms with Crippen LogP contribution >= 0.6 is 0 Å². The fourth-order valence-electron chi connectivity index (χ4n) is 3.02. The molecule has 1 heterocycles. The Kier molecular flexibility index (Phi) is 7.66. The molecule has 2 N–H and O–H groups in total. The lowest BCUT2D eigenvalue weighted by Gasteiger charge is -2.33. The number of ether oxygens (including phenoxy) is 1. The number of primary amides is 1. The van der Waals surface area contributed by atoms with Crippen LogP contribution in [-0.2, 0) is 11.3 Å². The van der Waals surface area contributed by atoms with E-state index in [0.29, 0.717) is 18.7 Å². The molecule has 0 radical (unpaired) electrons. The van der Waals surface area contributed by atoms with E-state index in [0.717, 1.165) is 44.5 Å². The molecular formula is C20H29N3O3. The Balaban J connectivity index is 1.92. The average molecular weight is 359 g/mol. The molecule has 1 aliphatic rings. The van der Waals surface area contributed by atoms with Crippen LogP contribution in [-0.4, -0.2) is 54.1 Å². The van der Waals surface area contributed by atoms with Gasteiger partial charge in [0.2, 0.25) is 0 Å². The van der Waals surface area contributed by atoms with E-state index in [-0.39, 0.29) is 18.1 Å². The van der Waals surface area contributed by atoms with Crippen molar-refractivity contribution >= 4 is 12.0 Å². The Morgan fingerprint density at radius 1 is 1.31 bits per heavy atom. The van der Waals surface area contributed by atoms with Gasteiger partial charge in [-0.3, -0.25) is 4.90 Å². The van der Waals surface area contributed by atoms with Crippen LogP contribution in [0.3, 0.4) is 0 Å². The molecule has 0 bridgehead atoms. The summed E-state index contributed by atoms with van der Waals surface area (Å²) in [6.07, 6.45) is 4.31. The van der Waals surface area contributed by atoms with Gasteiger partial charge in [-0.2, -0.15) is 0 Å². The number of nitrogens with two attached hydrogens (primary N) is 1. The van der Waals surface area contributed by atoms with Crippen molar-refractivity contribution in [1.82, 2.24) is 9.80 Å². The molecule has 1 aromatic carbocycles. The zero-order valence-electron chi connectivity index (χ0n) is 15.5. The highest BCUT2D eigenvalue weighted by Crippen LogP contribution is 2.14. The molecular weight excluding hydrogens is 330 g/mol. The molecule has 2 rings (SSSR count). The third-order valence-electron chi connectivity index (χ3n) is 4.62. The Morgan fingerprint density at radius 3 is 2.65 bits per heavy atom. The van der Waals surface area contributed by atoms with Gasteiger partial charge in [0.15, 0.2) is 0 Å². The number of urea groups is 1. The number of hydrogen-bond donors (Lipinski definition) is 1. The molecule has 1 atom stereocenters. The van der Waals surface area contributed by atoms with Crippen LogP contribution in [0.1, 0.15) is 42.1 Å². The molecule has 142 valence electrons. The molecule has 1 saturated heterocycles. The van der Waals surface area contributed by atoms with Crippen LogP contribution in [0.25, 0.3) is 0 Å². The fourth-order valence-corrected chi connectivity index (χ4v) is 3.02. The van der Waals surface area contributed by atoms with E-state index < -0.39 is 0 Å². The minimum atomic E-state index is -0.366. The van der Waals surface area contributed by atoms with Gasteiger partial charge in [-0.15, -0.1) is 0 Å². The summed E-state index contributed by atoms with van der Waals surface area (Å²) in [5.41, 5.74) is 6.92. The van der Waals surface area contributed by atoms with Crippen molar-refractivity contribution in [2.24, 2.45) is 5.73 Å². The van der Waals surface area contributed by atoms with Gasteiger partial charge < -0.3 is 15.4 Å². The second-order valence-corrected chi connectivity index (χ2v) is 6.62. The topological polar surface area (TPSA) is 75.9 Å². The van der Waals surface area contributed by atoms with Gasteiger partial charge in [0.1, 0.15) is 6.10 Å². The monoisotopic (exact) mass is 359 g/mol.